The normalized spacial score (nSPS) is 10.3. The summed E-state index contributed by atoms with van der Waals surface area (Å²) in [6.07, 6.45) is 0.720. The van der Waals surface area contributed by atoms with Crippen molar-refractivity contribution in [2.75, 3.05) is 7.11 Å². The van der Waals surface area contributed by atoms with Crippen LogP contribution in [0.15, 0.2) is 48.5 Å². The van der Waals surface area contributed by atoms with Crippen LogP contribution in [0.4, 0.5) is 0 Å². The Hall–Kier alpha value is -3.22. The van der Waals surface area contributed by atoms with E-state index in [1.165, 1.54) is 0 Å². The highest BCUT2D eigenvalue weighted by Crippen LogP contribution is 2.23. The molecule has 0 aliphatic heterocycles. The predicted molar refractivity (Wildman–Crippen MR) is 81.9 cm³/mol. The van der Waals surface area contributed by atoms with E-state index in [0.29, 0.717) is 22.9 Å². The highest BCUT2D eigenvalue weighted by atomic mass is 16.5. The fourth-order valence-corrected chi connectivity index (χ4v) is 2.08. The minimum atomic E-state index is 0.134. The number of hydrogen-bond donors (Lipinski definition) is 0. The molecule has 0 aliphatic carbocycles. The molecule has 1 heterocycles. The summed E-state index contributed by atoms with van der Waals surface area (Å²) in [5.74, 6) is 1.57. The summed E-state index contributed by atoms with van der Waals surface area (Å²) < 4.78 is 12.4. The van der Waals surface area contributed by atoms with Gasteiger partial charge in [-0.25, -0.2) is 0 Å². The number of aromatic nitrogens is 4. The number of aldehydes is 1. The van der Waals surface area contributed by atoms with Gasteiger partial charge in [0.05, 0.1) is 18.4 Å². The Morgan fingerprint density at radius 2 is 2.00 bits per heavy atom. The van der Waals surface area contributed by atoms with E-state index in [1.54, 1.807) is 30.0 Å². The quantitative estimate of drug-likeness (QED) is 0.648. The van der Waals surface area contributed by atoms with Crippen molar-refractivity contribution in [2.45, 2.75) is 6.61 Å². The number of hydrogen-bond acceptors (Lipinski definition) is 6. The number of benzene rings is 2. The smallest absolute Gasteiger partial charge is 0.194 e. The highest BCUT2D eigenvalue weighted by Gasteiger charge is 2.11. The fraction of sp³-hybridized carbons (Fsp3) is 0.125. The Kier molecular flexibility index (Phi) is 4.28. The van der Waals surface area contributed by atoms with E-state index in [4.69, 9.17) is 9.47 Å². The fourth-order valence-electron chi connectivity index (χ4n) is 2.08. The second-order valence-corrected chi connectivity index (χ2v) is 4.65. The molecule has 3 rings (SSSR count). The number of carbonyl (C=O) groups excluding carboxylic acids is 1. The zero-order valence-electron chi connectivity index (χ0n) is 12.4. The largest absolute Gasteiger partial charge is 0.497 e. The first-order valence-electron chi connectivity index (χ1n) is 6.90. The van der Waals surface area contributed by atoms with Crippen LogP contribution in [0.5, 0.6) is 11.5 Å². The summed E-state index contributed by atoms with van der Waals surface area (Å²) in [4.78, 5) is 11.2. The average Bonchev–Trinajstić information content (AvgIpc) is 3.09. The van der Waals surface area contributed by atoms with Crippen LogP contribution in [0.2, 0.25) is 0 Å². The molecule has 0 amide bonds. The zero-order valence-corrected chi connectivity index (χ0v) is 12.4. The van der Waals surface area contributed by atoms with Crippen LogP contribution in [-0.2, 0) is 6.61 Å². The van der Waals surface area contributed by atoms with Crippen LogP contribution in [0, 0.1) is 0 Å². The molecule has 0 radical (unpaired) electrons. The van der Waals surface area contributed by atoms with Gasteiger partial charge in [-0.2, -0.15) is 4.68 Å². The van der Waals surface area contributed by atoms with Gasteiger partial charge in [-0.05, 0) is 40.8 Å². The van der Waals surface area contributed by atoms with Crippen molar-refractivity contribution < 1.29 is 14.3 Å². The van der Waals surface area contributed by atoms with Crippen molar-refractivity contribution in [3.05, 3.63) is 59.9 Å². The number of carbonyl (C=O) groups is 1. The number of ether oxygens (including phenoxy) is 2. The molecular weight excluding hydrogens is 296 g/mol. The van der Waals surface area contributed by atoms with Crippen molar-refractivity contribution in [1.82, 2.24) is 20.2 Å². The summed E-state index contributed by atoms with van der Waals surface area (Å²) in [5.41, 5.74) is 1.24. The van der Waals surface area contributed by atoms with Crippen molar-refractivity contribution in [1.29, 1.82) is 0 Å². The van der Waals surface area contributed by atoms with E-state index in [9.17, 15) is 4.79 Å². The summed E-state index contributed by atoms with van der Waals surface area (Å²) in [6.45, 7) is 0.134. The van der Waals surface area contributed by atoms with Gasteiger partial charge in [0.15, 0.2) is 12.1 Å². The molecule has 23 heavy (non-hydrogen) atoms. The van der Waals surface area contributed by atoms with E-state index < -0.39 is 0 Å². The minimum absolute atomic E-state index is 0.134. The molecule has 116 valence electrons. The second kappa shape index (κ2) is 6.69. The van der Waals surface area contributed by atoms with Gasteiger partial charge in [0.1, 0.15) is 18.1 Å². The van der Waals surface area contributed by atoms with Crippen LogP contribution < -0.4 is 9.47 Å². The lowest BCUT2D eigenvalue weighted by molar-refractivity contribution is 0.111. The van der Waals surface area contributed by atoms with E-state index in [2.05, 4.69) is 15.5 Å². The topological polar surface area (TPSA) is 79.1 Å². The van der Waals surface area contributed by atoms with Gasteiger partial charge in [0.25, 0.3) is 0 Å². The van der Waals surface area contributed by atoms with Gasteiger partial charge in [-0.15, -0.1) is 5.10 Å². The summed E-state index contributed by atoms with van der Waals surface area (Å²) in [7, 11) is 1.54. The van der Waals surface area contributed by atoms with Crippen molar-refractivity contribution in [2.24, 2.45) is 0 Å². The van der Waals surface area contributed by atoms with E-state index in [-0.39, 0.29) is 6.61 Å². The maximum Gasteiger partial charge on any atom is 0.194 e. The highest BCUT2D eigenvalue weighted by molar-refractivity contribution is 5.80. The Morgan fingerprint density at radius 3 is 2.74 bits per heavy atom. The van der Waals surface area contributed by atoms with Gasteiger partial charge in [-0.3, -0.25) is 4.79 Å². The Balaban J connectivity index is 1.80. The van der Waals surface area contributed by atoms with E-state index >= 15 is 0 Å². The van der Waals surface area contributed by atoms with Gasteiger partial charge < -0.3 is 9.47 Å². The number of para-hydroxylation sites is 1. The minimum Gasteiger partial charge on any atom is -0.497 e. The first-order chi connectivity index (χ1) is 11.3. The number of nitrogens with zero attached hydrogens (tertiary/aromatic N) is 4. The van der Waals surface area contributed by atoms with Gasteiger partial charge in [0, 0.05) is 0 Å². The summed E-state index contributed by atoms with van der Waals surface area (Å²) >= 11 is 0. The lowest BCUT2D eigenvalue weighted by Crippen LogP contribution is -2.07. The second-order valence-electron chi connectivity index (χ2n) is 4.65. The first-order valence-corrected chi connectivity index (χ1v) is 6.90. The maximum absolute atomic E-state index is 11.2. The molecule has 1 aromatic heterocycles. The third-order valence-corrected chi connectivity index (χ3v) is 3.24. The molecule has 0 bridgehead atoms. The molecule has 0 aliphatic rings. The Bertz CT molecular complexity index is 802. The van der Waals surface area contributed by atoms with Crippen molar-refractivity contribution >= 4 is 6.29 Å². The number of methoxy groups -OCH3 is 1. The zero-order chi connectivity index (χ0) is 16.1. The third-order valence-electron chi connectivity index (χ3n) is 3.24. The van der Waals surface area contributed by atoms with E-state index in [0.717, 1.165) is 12.0 Å². The van der Waals surface area contributed by atoms with Gasteiger partial charge in [-0.1, -0.05) is 18.2 Å². The molecule has 0 fully saturated rings. The predicted octanol–water partition coefficient (Wildman–Crippen LogP) is 2.06. The monoisotopic (exact) mass is 310 g/mol. The molecule has 0 saturated carbocycles. The van der Waals surface area contributed by atoms with Crippen molar-refractivity contribution in [3.8, 4) is 17.2 Å². The molecule has 0 N–H and O–H groups in total. The first kappa shape index (κ1) is 14.7. The molecular formula is C16H14N4O3. The van der Waals surface area contributed by atoms with Crippen LogP contribution in [0.1, 0.15) is 16.2 Å². The van der Waals surface area contributed by atoms with Gasteiger partial charge >= 0.3 is 0 Å². The average molecular weight is 310 g/mol. The molecule has 7 nitrogen and oxygen atoms in total. The molecule has 2 aromatic carbocycles. The molecule has 7 heteroatoms. The molecule has 0 atom stereocenters. The Labute approximate surface area is 132 Å². The van der Waals surface area contributed by atoms with Gasteiger partial charge in [0.2, 0.25) is 0 Å². The standard InChI is InChI=1S/C16H14N4O3/c1-22-14-7-8-15(12(9-14)10-21)23-11-16-17-18-19-20(16)13-5-3-2-4-6-13/h2-10H,11H2,1H3. The molecule has 0 unspecified atom stereocenters. The Morgan fingerprint density at radius 1 is 1.17 bits per heavy atom. The lowest BCUT2D eigenvalue weighted by atomic mass is 10.2. The van der Waals surface area contributed by atoms with Crippen LogP contribution in [0.25, 0.3) is 5.69 Å². The van der Waals surface area contributed by atoms with Crippen LogP contribution in [0.3, 0.4) is 0 Å². The lowest BCUT2D eigenvalue weighted by Gasteiger charge is -2.09. The van der Waals surface area contributed by atoms with Crippen LogP contribution in [-0.4, -0.2) is 33.6 Å². The molecule has 0 saturated heterocycles. The third kappa shape index (κ3) is 3.18. The van der Waals surface area contributed by atoms with E-state index in [1.807, 2.05) is 30.3 Å². The maximum atomic E-state index is 11.2. The molecule has 0 spiro atoms. The number of rotatable bonds is 6. The SMILES string of the molecule is COc1ccc(OCc2nnnn2-c2ccccc2)c(C=O)c1. The number of tetrazole rings is 1. The van der Waals surface area contributed by atoms with Crippen LogP contribution >= 0.6 is 0 Å². The summed E-state index contributed by atoms with van der Waals surface area (Å²) in [5, 5.41) is 11.6. The van der Waals surface area contributed by atoms with Crippen molar-refractivity contribution in [3.63, 3.8) is 0 Å². The molecule has 3 aromatic rings. The summed E-state index contributed by atoms with van der Waals surface area (Å²) in [6, 6.07) is 14.5.